The van der Waals surface area contributed by atoms with Gasteiger partial charge in [0.25, 0.3) is 0 Å². The largest absolute Gasteiger partial charge is 0.351 e. The maximum Gasteiger partial charge on any atom is 0.217 e. The van der Waals surface area contributed by atoms with E-state index in [4.69, 9.17) is 0 Å². The second kappa shape index (κ2) is 16.5. The van der Waals surface area contributed by atoms with Gasteiger partial charge in [0.1, 0.15) is 12.7 Å². The third-order valence-corrected chi connectivity index (χ3v) is 6.36. The lowest BCUT2D eigenvalue weighted by molar-refractivity contribution is -0.898. The topological polar surface area (TPSA) is 41.1 Å². The molecule has 2 N–H and O–H groups in total. The van der Waals surface area contributed by atoms with Gasteiger partial charge in [-0.25, -0.2) is 0 Å². The highest BCUT2D eigenvalue weighted by Gasteiger charge is 2.36. The zero-order valence-electron chi connectivity index (χ0n) is 19.6. The number of nitrogens with one attached hydrogen (secondary N) is 2. The Balaban J connectivity index is 2.00. The Morgan fingerprint density at radius 1 is 1.00 bits per heavy atom. The van der Waals surface area contributed by atoms with Gasteiger partial charge in [0.05, 0.1) is 19.3 Å². The lowest BCUT2D eigenvalue weighted by atomic mass is 10.0. The highest BCUT2D eigenvalue weighted by Crippen LogP contribution is 2.23. The molecule has 0 radical (unpaired) electrons. The van der Waals surface area contributed by atoms with E-state index in [1.54, 1.807) is 6.92 Å². The van der Waals surface area contributed by atoms with Crippen molar-refractivity contribution in [2.75, 3.05) is 19.6 Å². The van der Waals surface area contributed by atoms with Crippen molar-refractivity contribution in [2.24, 2.45) is 0 Å². The van der Waals surface area contributed by atoms with Gasteiger partial charge in [-0.2, -0.15) is 0 Å². The van der Waals surface area contributed by atoms with Crippen LogP contribution in [0.4, 0.5) is 0 Å². The molecule has 0 aromatic rings. The van der Waals surface area contributed by atoms with Gasteiger partial charge in [0.2, 0.25) is 5.91 Å². The van der Waals surface area contributed by atoms with E-state index in [9.17, 15) is 4.79 Å². The third kappa shape index (κ3) is 11.5. The quantitative estimate of drug-likeness (QED) is 0.166. The summed E-state index contributed by atoms with van der Waals surface area (Å²) in [6, 6.07) is 0. The second-order valence-electron chi connectivity index (χ2n) is 8.66. The van der Waals surface area contributed by atoms with Crippen molar-refractivity contribution in [3.05, 3.63) is 24.6 Å². The lowest BCUT2D eigenvalue weighted by Crippen LogP contribution is -2.55. The summed E-state index contributed by atoms with van der Waals surface area (Å²) in [5, 5.41) is 6.51. The van der Waals surface area contributed by atoms with E-state index in [2.05, 4.69) is 49.0 Å². The molecular formula is C25H48N3O+. The van der Waals surface area contributed by atoms with Crippen molar-refractivity contribution >= 4 is 5.91 Å². The van der Waals surface area contributed by atoms with Crippen LogP contribution >= 0.6 is 0 Å². The first kappa shape index (κ1) is 25.7. The Morgan fingerprint density at radius 3 is 2.14 bits per heavy atom. The van der Waals surface area contributed by atoms with Crippen molar-refractivity contribution in [3.63, 3.8) is 0 Å². The molecule has 2 unspecified atom stereocenters. The first-order valence-electron chi connectivity index (χ1n) is 12.3. The smallest absolute Gasteiger partial charge is 0.217 e. The van der Waals surface area contributed by atoms with Crippen LogP contribution in [0.5, 0.6) is 0 Å². The molecule has 4 heteroatoms. The van der Waals surface area contributed by atoms with Crippen molar-refractivity contribution in [3.8, 4) is 0 Å². The summed E-state index contributed by atoms with van der Waals surface area (Å²) in [4.78, 5) is 11.2. The first-order valence-corrected chi connectivity index (χ1v) is 12.3. The summed E-state index contributed by atoms with van der Waals surface area (Å²) < 4.78 is 0.953. The number of hydrogen-bond donors (Lipinski definition) is 2. The van der Waals surface area contributed by atoms with Crippen LogP contribution in [0, 0.1) is 0 Å². The highest BCUT2D eigenvalue weighted by molar-refractivity contribution is 5.72. The molecule has 29 heavy (non-hydrogen) atoms. The fourth-order valence-corrected chi connectivity index (χ4v) is 4.41. The average Bonchev–Trinajstić information content (AvgIpc) is 3.11. The summed E-state index contributed by atoms with van der Waals surface area (Å²) in [6.07, 6.45) is 27.1. The summed E-state index contributed by atoms with van der Waals surface area (Å²) in [7, 11) is 0. The van der Waals surface area contributed by atoms with E-state index in [-0.39, 0.29) is 5.91 Å². The molecule has 0 saturated carbocycles. The molecule has 1 aliphatic heterocycles. The number of carbonyl (C=O) groups excluding carboxylic acids is 1. The van der Waals surface area contributed by atoms with Crippen LogP contribution in [0.3, 0.4) is 0 Å². The van der Waals surface area contributed by atoms with Crippen molar-refractivity contribution < 1.29 is 9.28 Å². The minimum Gasteiger partial charge on any atom is -0.351 e. The Hall–Kier alpha value is -1.29. The molecular weight excluding hydrogens is 358 g/mol. The van der Waals surface area contributed by atoms with Gasteiger partial charge in [-0.1, -0.05) is 69.9 Å². The standard InChI is InChI=1S/C25H47N3O/c1-4-6-7-8-9-10-11-12-13-14-15-16-17-18-19-25-27-21-23-28(25,5-2)22-20-26-24(3)29/h4,6,21,23,25,27H,5,7-20,22H2,1-3H3/p+1/b6-4+. The summed E-state index contributed by atoms with van der Waals surface area (Å²) in [5.74, 6) is 0.0661. The van der Waals surface area contributed by atoms with Gasteiger partial charge in [-0.05, 0) is 33.1 Å². The number of hydrogen-bond acceptors (Lipinski definition) is 2. The summed E-state index contributed by atoms with van der Waals surface area (Å²) in [5.41, 5.74) is 0. The Labute approximate surface area is 180 Å². The number of quaternary nitrogens is 1. The van der Waals surface area contributed by atoms with Gasteiger partial charge in [-0.15, -0.1) is 0 Å². The maximum absolute atomic E-state index is 11.2. The van der Waals surface area contributed by atoms with Crippen molar-refractivity contribution in [1.29, 1.82) is 0 Å². The molecule has 0 aromatic heterocycles. The van der Waals surface area contributed by atoms with Gasteiger partial charge in [0, 0.05) is 13.3 Å². The number of rotatable bonds is 18. The molecule has 1 amide bonds. The van der Waals surface area contributed by atoms with Crippen LogP contribution in [0.15, 0.2) is 24.6 Å². The van der Waals surface area contributed by atoms with Crippen molar-refractivity contribution in [2.45, 2.75) is 110 Å². The number of carbonyl (C=O) groups is 1. The fourth-order valence-electron chi connectivity index (χ4n) is 4.41. The normalized spacial score (nSPS) is 21.0. The molecule has 0 spiro atoms. The van der Waals surface area contributed by atoms with E-state index in [1.165, 1.54) is 83.5 Å². The van der Waals surface area contributed by atoms with Gasteiger partial charge >= 0.3 is 0 Å². The number of allylic oxidation sites excluding steroid dienone is 2. The van der Waals surface area contributed by atoms with Crippen LogP contribution < -0.4 is 10.6 Å². The molecule has 0 fully saturated rings. The molecule has 2 atom stereocenters. The minimum absolute atomic E-state index is 0.0661. The molecule has 0 aliphatic carbocycles. The number of amides is 1. The molecule has 1 heterocycles. The maximum atomic E-state index is 11.2. The Morgan fingerprint density at radius 2 is 1.59 bits per heavy atom. The zero-order chi connectivity index (χ0) is 21.2. The monoisotopic (exact) mass is 406 g/mol. The van der Waals surface area contributed by atoms with E-state index in [0.717, 1.165) is 24.1 Å². The van der Waals surface area contributed by atoms with Crippen LogP contribution in [0.2, 0.25) is 0 Å². The number of unbranched alkanes of at least 4 members (excludes halogenated alkanes) is 11. The van der Waals surface area contributed by atoms with E-state index >= 15 is 0 Å². The van der Waals surface area contributed by atoms with Gasteiger partial charge in [-0.3, -0.25) is 9.28 Å². The molecule has 0 aromatic carbocycles. The molecule has 1 rings (SSSR count). The van der Waals surface area contributed by atoms with Crippen molar-refractivity contribution in [1.82, 2.24) is 10.6 Å². The van der Waals surface area contributed by atoms with Gasteiger partial charge in [0.15, 0.2) is 6.17 Å². The summed E-state index contributed by atoms with van der Waals surface area (Å²) >= 11 is 0. The van der Waals surface area contributed by atoms with E-state index < -0.39 is 0 Å². The van der Waals surface area contributed by atoms with E-state index in [0.29, 0.717) is 6.17 Å². The number of nitrogens with zero attached hydrogens (tertiary/aromatic N) is 1. The van der Waals surface area contributed by atoms with Crippen LogP contribution in [-0.2, 0) is 4.79 Å². The second-order valence-corrected chi connectivity index (χ2v) is 8.66. The highest BCUT2D eigenvalue weighted by atomic mass is 16.1. The van der Waals surface area contributed by atoms with Crippen LogP contribution in [0.1, 0.15) is 104 Å². The third-order valence-electron chi connectivity index (χ3n) is 6.36. The molecule has 0 saturated heterocycles. The number of likely N-dealkylation sites (N-methyl/N-ethyl adjacent to an activating group) is 1. The summed E-state index contributed by atoms with van der Waals surface area (Å²) in [6.45, 7) is 8.75. The minimum atomic E-state index is 0.0661. The average molecular weight is 407 g/mol. The van der Waals surface area contributed by atoms with E-state index in [1.807, 2.05) is 0 Å². The van der Waals surface area contributed by atoms with Gasteiger partial charge < -0.3 is 10.6 Å². The molecule has 0 bridgehead atoms. The Bertz CT molecular complexity index is 475. The molecule has 4 nitrogen and oxygen atoms in total. The predicted molar refractivity (Wildman–Crippen MR) is 125 cm³/mol. The molecule has 1 aliphatic rings. The van der Waals surface area contributed by atoms with Crippen LogP contribution in [0.25, 0.3) is 0 Å². The van der Waals surface area contributed by atoms with Crippen LogP contribution in [-0.4, -0.2) is 36.2 Å². The lowest BCUT2D eigenvalue weighted by Gasteiger charge is -2.37. The Kier molecular flexibility index (Phi) is 14.6. The fraction of sp³-hybridized carbons (Fsp3) is 0.800. The predicted octanol–water partition coefficient (Wildman–Crippen LogP) is 6.01. The molecule has 168 valence electrons. The first-order chi connectivity index (χ1) is 14.1. The zero-order valence-corrected chi connectivity index (χ0v) is 19.6. The SMILES string of the molecule is C/C=C/CCCCCCCCCCCCCC1NC=C[N+]1(CC)CCNC(C)=O.